The molecule has 2 N–H and O–H groups in total. The number of carbonyl (C=O) groups is 2. The van der Waals surface area contributed by atoms with Gasteiger partial charge in [0.15, 0.2) is 6.61 Å². The van der Waals surface area contributed by atoms with E-state index in [1.807, 2.05) is 19.1 Å². The van der Waals surface area contributed by atoms with Crippen LogP contribution in [0, 0.1) is 0 Å². The molecule has 24 heavy (non-hydrogen) atoms. The number of halogens is 1. The third-order valence-electron chi connectivity index (χ3n) is 3.16. The van der Waals surface area contributed by atoms with Gasteiger partial charge in [-0.2, -0.15) is 0 Å². The first-order valence-corrected chi connectivity index (χ1v) is 7.98. The topological polar surface area (TPSA) is 67.4 Å². The summed E-state index contributed by atoms with van der Waals surface area (Å²) in [6.07, 6.45) is 0.270. The number of ether oxygens (including phenoxy) is 1. The van der Waals surface area contributed by atoms with Crippen LogP contribution in [0.25, 0.3) is 0 Å². The fourth-order valence-electron chi connectivity index (χ4n) is 2.02. The molecule has 0 bridgehead atoms. The first-order valence-electron chi connectivity index (χ1n) is 7.60. The minimum atomic E-state index is -0.169. The lowest BCUT2D eigenvalue weighted by Gasteiger charge is -2.08. The fourth-order valence-corrected chi connectivity index (χ4v) is 2.15. The predicted molar refractivity (Wildman–Crippen MR) is 94.4 cm³/mol. The Balaban J connectivity index is 1.83. The van der Waals surface area contributed by atoms with Gasteiger partial charge in [0.25, 0.3) is 5.91 Å². The predicted octanol–water partition coefficient (Wildman–Crippen LogP) is 3.04. The zero-order valence-electron chi connectivity index (χ0n) is 13.3. The Bertz CT molecular complexity index is 684. The molecule has 0 aliphatic rings. The van der Waals surface area contributed by atoms with Crippen molar-refractivity contribution < 1.29 is 14.3 Å². The molecule has 0 heterocycles. The van der Waals surface area contributed by atoms with Crippen LogP contribution in [0.4, 0.5) is 5.69 Å². The zero-order chi connectivity index (χ0) is 17.4. The molecule has 0 saturated heterocycles. The van der Waals surface area contributed by atoms with Gasteiger partial charge in [0.1, 0.15) is 5.75 Å². The molecule has 0 aliphatic carbocycles. The Morgan fingerprint density at radius 3 is 2.29 bits per heavy atom. The summed E-state index contributed by atoms with van der Waals surface area (Å²) in [6.45, 7) is 2.39. The molecule has 0 unspecified atom stereocenters. The second-order valence-corrected chi connectivity index (χ2v) is 5.55. The normalized spacial score (nSPS) is 10.1. The van der Waals surface area contributed by atoms with Crippen LogP contribution in [0.3, 0.4) is 0 Å². The third-order valence-corrected chi connectivity index (χ3v) is 3.41. The summed E-state index contributed by atoms with van der Waals surface area (Å²) in [5.41, 5.74) is 1.55. The van der Waals surface area contributed by atoms with Gasteiger partial charge in [-0.3, -0.25) is 9.59 Å². The van der Waals surface area contributed by atoms with Crippen molar-refractivity contribution in [3.63, 3.8) is 0 Å². The lowest BCUT2D eigenvalue weighted by Crippen LogP contribution is -2.28. The van der Waals surface area contributed by atoms with Crippen LogP contribution in [0.2, 0.25) is 5.02 Å². The maximum absolute atomic E-state index is 12.0. The molecule has 0 atom stereocenters. The molecule has 0 spiro atoms. The number of hydrogen-bond acceptors (Lipinski definition) is 3. The van der Waals surface area contributed by atoms with Gasteiger partial charge in [-0.15, -0.1) is 0 Å². The van der Waals surface area contributed by atoms with E-state index in [9.17, 15) is 9.59 Å². The van der Waals surface area contributed by atoms with Crippen molar-refractivity contribution in [3.05, 3.63) is 59.1 Å². The van der Waals surface area contributed by atoms with Gasteiger partial charge in [0.05, 0.1) is 6.42 Å². The highest BCUT2D eigenvalue weighted by Crippen LogP contribution is 2.16. The van der Waals surface area contributed by atoms with Gasteiger partial charge in [0.2, 0.25) is 5.91 Å². The quantitative estimate of drug-likeness (QED) is 0.809. The van der Waals surface area contributed by atoms with Crippen molar-refractivity contribution in [3.8, 4) is 5.75 Å². The molecule has 0 aromatic heterocycles. The van der Waals surface area contributed by atoms with E-state index in [1.165, 1.54) is 0 Å². The Kier molecular flexibility index (Phi) is 6.63. The van der Waals surface area contributed by atoms with Crippen LogP contribution in [-0.2, 0) is 16.0 Å². The minimum absolute atomic E-state index is 0.0316. The van der Waals surface area contributed by atoms with Crippen molar-refractivity contribution in [2.24, 2.45) is 0 Å². The van der Waals surface area contributed by atoms with E-state index < -0.39 is 0 Å². The number of likely N-dealkylation sites (N-methyl/N-ethyl adjacent to an activating group) is 1. The van der Waals surface area contributed by atoms with E-state index >= 15 is 0 Å². The third kappa shape index (κ3) is 5.93. The van der Waals surface area contributed by atoms with Crippen LogP contribution >= 0.6 is 11.6 Å². The molecular formula is C18H19ClN2O3. The summed E-state index contributed by atoms with van der Waals surface area (Å²) in [4.78, 5) is 23.3. The first kappa shape index (κ1) is 17.8. The number of anilines is 1. The minimum Gasteiger partial charge on any atom is -0.484 e. The Morgan fingerprint density at radius 1 is 1.00 bits per heavy atom. The Labute approximate surface area is 146 Å². The molecule has 0 saturated carbocycles. The molecule has 126 valence electrons. The van der Waals surface area contributed by atoms with Gasteiger partial charge in [-0.25, -0.2) is 0 Å². The fraction of sp³-hybridized carbons (Fsp3) is 0.222. The smallest absolute Gasteiger partial charge is 0.257 e. The zero-order valence-corrected chi connectivity index (χ0v) is 14.1. The Hall–Kier alpha value is -2.53. The summed E-state index contributed by atoms with van der Waals surface area (Å²) in [5, 5.41) is 6.10. The van der Waals surface area contributed by atoms with E-state index in [0.29, 0.717) is 23.0 Å². The van der Waals surface area contributed by atoms with E-state index in [4.69, 9.17) is 16.3 Å². The number of carbonyl (C=O) groups excluding carboxylic acids is 2. The van der Waals surface area contributed by atoms with Gasteiger partial charge in [-0.05, 0) is 48.9 Å². The average Bonchev–Trinajstić information content (AvgIpc) is 2.56. The summed E-state index contributed by atoms with van der Waals surface area (Å²) < 4.78 is 5.35. The first-order chi connectivity index (χ1) is 11.6. The number of rotatable bonds is 7. The average molecular weight is 347 g/mol. The van der Waals surface area contributed by atoms with Crippen LogP contribution in [-0.4, -0.2) is 25.0 Å². The van der Waals surface area contributed by atoms with E-state index in [1.54, 1.807) is 36.4 Å². The molecule has 2 rings (SSSR count). The van der Waals surface area contributed by atoms with Crippen molar-refractivity contribution in [1.82, 2.24) is 5.32 Å². The van der Waals surface area contributed by atoms with Crippen LogP contribution in [0.5, 0.6) is 5.75 Å². The molecule has 6 heteroatoms. The van der Waals surface area contributed by atoms with Crippen LogP contribution in [0.15, 0.2) is 48.5 Å². The summed E-state index contributed by atoms with van der Waals surface area (Å²) in [5.74, 6) is 0.281. The van der Waals surface area contributed by atoms with Crippen molar-refractivity contribution in [2.75, 3.05) is 18.5 Å². The second kappa shape index (κ2) is 8.93. The van der Waals surface area contributed by atoms with E-state index in [0.717, 1.165) is 5.56 Å². The van der Waals surface area contributed by atoms with E-state index in [2.05, 4.69) is 10.6 Å². The number of nitrogens with one attached hydrogen (secondary N) is 2. The van der Waals surface area contributed by atoms with Crippen LogP contribution in [0.1, 0.15) is 12.5 Å². The van der Waals surface area contributed by atoms with Gasteiger partial charge >= 0.3 is 0 Å². The number of hydrogen-bond donors (Lipinski definition) is 2. The van der Waals surface area contributed by atoms with Gasteiger partial charge in [-0.1, -0.05) is 23.7 Å². The van der Waals surface area contributed by atoms with Gasteiger partial charge in [0, 0.05) is 17.3 Å². The lowest BCUT2D eigenvalue weighted by molar-refractivity contribution is -0.123. The highest BCUT2D eigenvalue weighted by molar-refractivity contribution is 6.30. The largest absolute Gasteiger partial charge is 0.484 e. The summed E-state index contributed by atoms with van der Waals surface area (Å²) in [6, 6.07) is 14.0. The highest BCUT2D eigenvalue weighted by Gasteiger charge is 2.05. The monoisotopic (exact) mass is 346 g/mol. The van der Waals surface area contributed by atoms with Gasteiger partial charge < -0.3 is 15.4 Å². The highest BCUT2D eigenvalue weighted by atomic mass is 35.5. The van der Waals surface area contributed by atoms with E-state index in [-0.39, 0.29) is 24.8 Å². The molecule has 0 radical (unpaired) electrons. The van der Waals surface area contributed by atoms with Crippen molar-refractivity contribution in [2.45, 2.75) is 13.3 Å². The molecule has 2 aromatic carbocycles. The Morgan fingerprint density at radius 2 is 1.67 bits per heavy atom. The summed E-state index contributed by atoms with van der Waals surface area (Å²) >= 11 is 5.82. The maximum Gasteiger partial charge on any atom is 0.257 e. The van der Waals surface area contributed by atoms with Crippen molar-refractivity contribution >= 4 is 29.1 Å². The molecule has 2 amide bonds. The SMILES string of the molecule is CCNC(=O)COc1ccc(NC(=O)Cc2ccc(Cl)cc2)cc1. The lowest BCUT2D eigenvalue weighted by atomic mass is 10.1. The molecule has 5 nitrogen and oxygen atoms in total. The number of amides is 2. The standard InChI is InChI=1S/C18H19ClN2O3/c1-2-20-18(23)12-24-16-9-7-15(8-10-16)21-17(22)11-13-3-5-14(19)6-4-13/h3-10H,2,11-12H2,1H3,(H,20,23)(H,21,22). The van der Waals surface area contributed by atoms with Crippen LogP contribution < -0.4 is 15.4 Å². The molecule has 2 aromatic rings. The maximum atomic E-state index is 12.0. The second-order valence-electron chi connectivity index (χ2n) is 5.12. The summed E-state index contributed by atoms with van der Waals surface area (Å²) in [7, 11) is 0. The number of benzene rings is 2. The molecular weight excluding hydrogens is 328 g/mol. The van der Waals surface area contributed by atoms with Crippen molar-refractivity contribution in [1.29, 1.82) is 0 Å². The molecule has 0 aliphatic heterocycles. The molecule has 0 fully saturated rings.